The van der Waals surface area contributed by atoms with Gasteiger partial charge in [-0.2, -0.15) is 26.3 Å². The highest BCUT2D eigenvalue weighted by Crippen LogP contribution is 2.37. The fourth-order valence-corrected chi connectivity index (χ4v) is 2.16. The molecule has 156 valence electrons. The summed E-state index contributed by atoms with van der Waals surface area (Å²) in [6.45, 7) is -0.803. The Morgan fingerprint density at radius 1 is 0.862 bits per heavy atom. The van der Waals surface area contributed by atoms with Gasteiger partial charge < -0.3 is 15.4 Å². The molecule has 2 aromatic carbocycles. The second-order valence-electron chi connectivity index (χ2n) is 5.76. The van der Waals surface area contributed by atoms with Gasteiger partial charge in [-0.15, -0.1) is 0 Å². The molecular formula is C18H14F6N2O3. The van der Waals surface area contributed by atoms with Crippen molar-refractivity contribution in [3.05, 3.63) is 65.2 Å². The topological polar surface area (TPSA) is 67.4 Å². The predicted molar refractivity (Wildman–Crippen MR) is 89.7 cm³/mol. The average Bonchev–Trinajstić information content (AvgIpc) is 2.64. The van der Waals surface area contributed by atoms with Gasteiger partial charge in [0.25, 0.3) is 0 Å². The summed E-state index contributed by atoms with van der Waals surface area (Å²) < 4.78 is 81.6. The molecule has 0 aliphatic heterocycles. The number of alkyl halides is 6. The highest BCUT2D eigenvalue weighted by atomic mass is 19.4. The zero-order chi connectivity index (χ0) is 21.7. The van der Waals surface area contributed by atoms with E-state index in [4.69, 9.17) is 4.74 Å². The number of anilines is 1. The van der Waals surface area contributed by atoms with Gasteiger partial charge in [0.1, 0.15) is 13.2 Å². The van der Waals surface area contributed by atoms with E-state index in [0.717, 1.165) is 0 Å². The predicted octanol–water partition coefficient (Wildman–Crippen LogP) is 4.59. The van der Waals surface area contributed by atoms with Crippen LogP contribution in [-0.4, -0.2) is 18.5 Å². The molecule has 2 amide bonds. The van der Waals surface area contributed by atoms with Crippen LogP contribution in [-0.2, 0) is 28.5 Å². The van der Waals surface area contributed by atoms with Crippen LogP contribution in [0.4, 0.5) is 36.8 Å². The van der Waals surface area contributed by atoms with Gasteiger partial charge in [-0.05, 0) is 23.8 Å². The van der Waals surface area contributed by atoms with Crippen LogP contribution in [0.2, 0.25) is 0 Å². The number of nitrogens with one attached hydrogen (secondary N) is 2. The zero-order valence-electron chi connectivity index (χ0n) is 14.5. The van der Waals surface area contributed by atoms with E-state index in [2.05, 4.69) is 0 Å². The molecule has 2 aromatic rings. The summed E-state index contributed by atoms with van der Waals surface area (Å²) in [5.74, 6) is -1.03. The van der Waals surface area contributed by atoms with Crippen LogP contribution in [0.3, 0.4) is 0 Å². The Kier molecular flexibility index (Phi) is 6.72. The van der Waals surface area contributed by atoms with E-state index in [-0.39, 0.29) is 12.7 Å². The Morgan fingerprint density at radius 2 is 1.41 bits per heavy atom. The van der Waals surface area contributed by atoms with Crippen molar-refractivity contribution in [2.75, 3.05) is 11.9 Å². The molecule has 0 aliphatic rings. The summed E-state index contributed by atoms with van der Waals surface area (Å²) >= 11 is 0. The third kappa shape index (κ3) is 7.01. The Hall–Kier alpha value is -3.24. The van der Waals surface area contributed by atoms with Gasteiger partial charge in [-0.1, -0.05) is 30.3 Å². The van der Waals surface area contributed by atoms with Crippen molar-refractivity contribution >= 4 is 17.7 Å². The summed E-state index contributed by atoms with van der Waals surface area (Å²) in [6, 6.07) is 9.23. The fraction of sp³-hybridized carbons (Fsp3) is 0.222. The van der Waals surface area contributed by atoms with Crippen molar-refractivity contribution in [2.45, 2.75) is 19.0 Å². The maximum Gasteiger partial charge on any atom is 0.416 e. The molecule has 0 unspecified atom stereocenters. The second-order valence-corrected chi connectivity index (χ2v) is 5.76. The standard InChI is InChI=1S/C18H14F6N2O3/c19-17(20,21)12-6-13(18(22,23)24)8-14(7-12)26-15(27)9-25-16(28)29-10-11-4-2-1-3-5-11/h1-8H,9-10H2,(H,25,28)(H,26,27). The first-order chi connectivity index (χ1) is 13.4. The Labute approximate surface area is 160 Å². The molecule has 5 nitrogen and oxygen atoms in total. The SMILES string of the molecule is O=C(CNC(=O)OCc1ccccc1)Nc1cc(C(F)(F)F)cc(C(F)(F)F)c1. The number of alkyl carbamates (subject to hydrolysis) is 1. The lowest BCUT2D eigenvalue weighted by atomic mass is 10.1. The molecule has 0 heterocycles. The normalized spacial score (nSPS) is 11.7. The number of benzene rings is 2. The third-order valence-electron chi connectivity index (χ3n) is 3.48. The number of amides is 2. The van der Waals surface area contributed by atoms with Gasteiger partial charge in [0, 0.05) is 5.69 Å². The van der Waals surface area contributed by atoms with E-state index < -0.39 is 47.7 Å². The molecule has 0 bridgehead atoms. The van der Waals surface area contributed by atoms with Gasteiger partial charge in [0.05, 0.1) is 11.1 Å². The summed E-state index contributed by atoms with van der Waals surface area (Å²) in [7, 11) is 0. The van der Waals surface area contributed by atoms with Crippen LogP contribution in [0.1, 0.15) is 16.7 Å². The number of rotatable bonds is 5. The van der Waals surface area contributed by atoms with E-state index in [1.165, 1.54) is 0 Å². The van der Waals surface area contributed by atoms with Crippen LogP contribution in [0.5, 0.6) is 0 Å². The Balaban J connectivity index is 1.96. The molecule has 11 heteroatoms. The van der Waals surface area contributed by atoms with Gasteiger partial charge in [-0.25, -0.2) is 4.79 Å². The van der Waals surface area contributed by atoms with Crippen molar-refractivity contribution in [1.82, 2.24) is 5.32 Å². The van der Waals surface area contributed by atoms with E-state index in [0.29, 0.717) is 17.7 Å². The van der Waals surface area contributed by atoms with Crippen LogP contribution in [0.15, 0.2) is 48.5 Å². The summed E-state index contributed by atoms with van der Waals surface area (Å²) in [5.41, 5.74) is -3.18. The number of ether oxygens (including phenoxy) is 1. The lowest BCUT2D eigenvalue weighted by Crippen LogP contribution is -2.33. The molecule has 0 radical (unpaired) electrons. The first-order valence-corrected chi connectivity index (χ1v) is 7.99. The zero-order valence-corrected chi connectivity index (χ0v) is 14.5. The maximum absolute atomic E-state index is 12.8. The highest BCUT2D eigenvalue weighted by Gasteiger charge is 2.37. The third-order valence-corrected chi connectivity index (χ3v) is 3.48. The van der Waals surface area contributed by atoms with Crippen LogP contribution >= 0.6 is 0 Å². The smallest absolute Gasteiger partial charge is 0.416 e. The monoisotopic (exact) mass is 420 g/mol. The number of carbonyl (C=O) groups excluding carboxylic acids is 2. The minimum absolute atomic E-state index is 0.0607. The first-order valence-electron chi connectivity index (χ1n) is 7.99. The van der Waals surface area contributed by atoms with Crippen molar-refractivity contribution in [2.24, 2.45) is 0 Å². The number of carbonyl (C=O) groups is 2. The van der Waals surface area contributed by atoms with Crippen molar-refractivity contribution in [1.29, 1.82) is 0 Å². The fourth-order valence-electron chi connectivity index (χ4n) is 2.16. The van der Waals surface area contributed by atoms with Gasteiger partial charge in [0.15, 0.2) is 0 Å². The first kappa shape index (κ1) is 22.1. The summed E-state index contributed by atoms with van der Waals surface area (Å²) in [6.07, 6.45) is -11.1. The summed E-state index contributed by atoms with van der Waals surface area (Å²) in [5, 5.41) is 3.93. The number of hydrogen-bond acceptors (Lipinski definition) is 3. The molecule has 0 aliphatic carbocycles. The maximum atomic E-state index is 12.8. The van der Waals surface area contributed by atoms with Gasteiger partial charge >= 0.3 is 18.4 Å². The van der Waals surface area contributed by atoms with Crippen LogP contribution in [0, 0.1) is 0 Å². The van der Waals surface area contributed by atoms with Crippen LogP contribution in [0.25, 0.3) is 0 Å². The van der Waals surface area contributed by atoms with Crippen molar-refractivity contribution < 1.29 is 40.7 Å². The molecule has 0 saturated carbocycles. The van der Waals surface area contributed by atoms with E-state index in [1.54, 1.807) is 30.3 Å². The largest absolute Gasteiger partial charge is 0.445 e. The lowest BCUT2D eigenvalue weighted by Gasteiger charge is -2.15. The molecule has 2 rings (SSSR count). The van der Waals surface area contributed by atoms with E-state index in [9.17, 15) is 35.9 Å². The molecule has 2 N–H and O–H groups in total. The number of halogens is 6. The van der Waals surface area contributed by atoms with E-state index in [1.807, 2.05) is 10.6 Å². The molecule has 0 aromatic heterocycles. The minimum Gasteiger partial charge on any atom is -0.445 e. The van der Waals surface area contributed by atoms with E-state index >= 15 is 0 Å². The quantitative estimate of drug-likeness (QED) is 0.696. The molecule has 0 fully saturated rings. The molecule has 0 atom stereocenters. The Bertz CT molecular complexity index is 834. The van der Waals surface area contributed by atoms with Crippen molar-refractivity contribution in [3.8, 4) is 0 Å². The van der Waals surface area contributed by atoms with Crippen LogP contribution < -0.4 is 10.6 Å². The minimum atomic E-state index is -5.04. The molecule has 0 saturated heterocycles. The lowest BCUT2D eigenvalue weighted by molar-refractivity contribution is -0.143. The summed E-state index contributed by atoms with van der Waals surface area (Å²) in [4.78, 5) is 23.3. The number of hydrogen-bond donors (Lipinski definition) is 2. The second kappa shape index (κ2) is 8.84. The van der Waals surface area contributed by atoms with Gasteiger partial charge in [0.2, 0.25) is 5.91 Å². The average molecular weight is 420 g/mol. The van der Waals surface area contributed by atoms with Gasteiger partial charge in [-0.3, -0.25) is 4.79 Å². The molecule has 29 heavy (non-hydrogen) atoms. The molecule has 0 spiro atoms. The Morgan fingerprint density at radius 3 is 1.93 bits per heavy atom. The molecular weight excluding hydrogens is 406 g/mol. The van der Waals surface area contributed by atoms with Crippen molar-refractivity contribution in [3.63, 3.8) is 0 Å². The highest BCUT2D eigenvalue weighted by molar-refractivity contribution is 5.94.